The zero-order chi connectivity index (χ0) is 14.3. The van der Waals surface area contributed by atoms with Crippen LogP contribution in [0.2, 0.25) is 0 Å². The van der Waals surface area contributed by atoms with Crippen molar-refractivity contribution in [2.45, 2.75) is 19.4 Å². The van der Waals surface area contributed by atoms with Gasteiger partial charge in [-0.1, -0.05) is 30.3 Å². The minimum absolute atomic E-state index is 0.311. The fourth-order valence-corrected chi connectivity index (χ4v) is 1.59. The third kappa shape index (κ3) is 5.67. The van der Waals surface area contributed by atoms with Crippen LogP contribution in [0.15, 0.2) is 30.3 Å². The summed E-state index contributed by atoms with van der Waals surface area (Å²) in [5.41, 5.74) is 0.881. The van der Waals surface area contributed by atoms with Crippen LogP contribution in [0.25, 0.3) is 0 Å². The minimum atomic E-state index is -1.13. The van der Waals surface area contributed by atoms with Crippen LogP contribution >= 0.6 is 0 Å². The van der Waals surface area contributed by atoms with E-state index >= 15 is 0 Å². The van der Waals surface area contributed by atoms with Crippen molar-refractivity contribution in [3.05, 3.63) is 35.9 Å². The van der Waals surface area contributed by atoms with E-state index in [1.54, 1.807) is 0 Å². The summed E-state index contributed by atoms with van der Waals surface area (Å²) in [6.45, 7) is 0.839. The molecule has 0 heterocycles. The summed E-state index contributed by atoms with van der Waals surface area (Å²) in [7, 11) is 0. The quantitative estimate of drug-likeness (QED) is 0.670. The summed E-state index contributed by atoms with van der Waals surface area (Å²) >= 11 is 0. The number of hydrogen-bond acceptors (Lipinski definition) is 3. The number of carboxylic acid groups (broad SMARTS) is 1. The molecule has 0 aliphatic rings. The highest BCUT2D eigenvalue weighted by Gasteiger charge is 2.20. The molecular weight excluding hydrogens is 248 g/mol. The molecule has 1 rings (SSSR count). The van der Waals surface area contributed by atoms with E-state index in [9.17, 15) is 14.4 Å². The van der Waals surface area contributed by atoms with E-state index in [1.807, 2.05) is 30.3 Å². The summed E-state index contributed by atoms with van der Waals surface area (Å²) in [5, 5.41) is 13.3. The van der Waals surface area contributed by atoms with E-state index in [4.69, 9.17) is 5.11 Å². The molecule has 0 saturated carbocycles. The molecule has 6 nitrogen and oxygen atoms in total. The highest BCUT2D eigenvalue weighted by molar-refractivity contribution is 5.89. The molecular formula is C13H16N2O4. The Bertz CT molecular complexity index is 459. The smallest absolute Gasteiger partial charge is 0.322 e. The Morgan fingerprint density at radius 3 is 2.37 bits per heavy atom. The van der Waals surface area contributed by atoms with E-state index in [0.29, 0.717) is 6.42 Å². The molecule has 0 fully saturated rings. The predicted molar refractivity (Wildman–Crippen MR) is 68.4 cm³/mol. The van der Waals surface area contributed by atoms with Crippen molar-refractivity contribution in [3.63, 3.8) is 0 Å². The molecule has 0 unspecified atom stereocenters. The first kappa shape index (κ1) is 14.7. The van der Waals surface area contributed by atoms with Crippen LogP contribution in [0.3, 0.4) is 0 Å². The van der Waals surface area contributed by atoms with Crippen molar-refractivity contribution >= 4 is 17.8 Å². The minimum Gasteiger partial charge on any atom is -0.480 e. The first-order chi connectivity index (χ1) is 8.99. The van der Waals surface area contributed by atoms with Gasteiger partial charge in [0.25, 0.3) is 0 Å². The van der Waals surface area contributed by atoms with Crippen molar-refractivity contribution in [2.75, 3.05) is 6.54 Å². The van der Waals surface area contributed by atoms with E-state index in [0.717, 1.165) is 5.56 Å². The van der Waals surface area contributed by atoms with Gasteiger partial charge in [0.05, 0.1) is 0 Å². The molecule has 1 aromatic rings. The molecule has 2 amide bonds. The fraction of sp³-hybridized carbons (Fsp3) is 0.308. The lowest BCUT2D eigenvalue weighted by Crippen LogP contribution is -2.48. The molecule has 19 heavy (non-hydrogen) atoms. The number of carboxylic acids is 1. The molecule has 1 atom stereocenters. The lowest BCUT2D eigenvalue weighted by molar-refractivity contribution is -0.138. The monoisotopic (exact) mass is 264 g/mol. The fourth-order valence-electron chi connectivity index (χ4n) is 1.59. The topological polar surface area (TPSA) is 95.5 Å². The van der Waals surface area contributed by atoms with Crippen LogP contribution in [-0.2, 0) is 20.8 Å². The largest absolute Gasteiger partial charge is 0.480 e. The number of carbonyl (C=O) groups is 3. The molecule has 0 spiro atoms. The molecule has 102 valence electrons. The SMILES string of the molecule is CC(=O)N[C@H](Cc1ccccc1)C(=O)NCC(=O)O. The summed E-state index contributed by atoms with van der Waals surface area (Å²) in [5.74, 6) is -1.98. The number of rotatable bonds is 6. The normalized spacial score (nSPS) is 11.4. The van der Waals surface area contributed by atoms with Gasteiger partial charge < -0.3 is 15.7 Å². The number of benzene rings is 1. The lowest BCUT2D eigenvalue weighted by atomic mass is 10.1. The first-order valence-corrected chi connectivity index (χ1v) is 5.79. The molecule has 1 aromatic carbocycles. The number of hydrogen-bond donors (Lipinski definition) is 3. The van der Waals surface area contributed by atoms with Crippen molar-refractivity contribution in [3.8, 4) is 0 Å². The molecule has 3 N–H and O–H groups in total. The maximum absolute atomic E-state index is 11.8. The lowest BCUT2D eigenvalue weighted by Gasteiger charge is -2.17. The van der Waals surface area contributed by atoms with Crippen LogP contribution in [0, 0.1) is 0 Å². The highest BCUT2D eigenvalue weighted by Crippen LogP contribution is 2.03. The molecule has 0 aliphatic heterocycles. The third-order valence-electron chi connectivity index (χ3n) is 2.39. The van der Waals surface area contributed by atoms with Gasteiger partial charge in [-0.25, -0.2) is 0 Å². The van der Waals surface area contributed by atoms with Crippen molar-refractivity contribution in [2.24, 2.45) is 0 Å². The van der Waals surface area contributed by atoms with E-state index in [-0.39, 0.29) is 5.91 Å². The number of amides is 2. The Balaban J connectivity index is 2.68. The second kappa shape index (κ2) is 7.15. The van der Waals surface area contributed by atoms with Gasteiger partial charge in [-0.2, -0.15) is 0 Å². The molecule has 0 aliphatic carbocycles. The molecule has 0 radical (unpaired) electrons. The van der Waals surface area contributed by atoms with Crippen LogP contribution < -0.4 is 10.6 Å². The van der Waals surface area contributed by atoms with Gasteiger partial charge in [0.2, 0.25) is 11.8 Å². The van der Waals surface area contributed by atoms with Crippen LogP contribution in [-0.4, -0.2) is 35.5 Å². The van der Waals surface area contributed by atoms with Gasteiger partial charge in [-0.15, -0.1) is 0 Å². The van der Waals surface area contributed by atoms with Gasteiger partial charge in [0, 0.05) is 13.3 Å². The van der Waals surface area contributed by atoms with Gasteiger partial charge in [0.15, 0.2) is 0 Å². The first-order valence-electron chi connectivity index (χ1n) is 5.79. The Morgan fingerprint density at radius 1 is 1.21 bits per heavy atom. The maximum Gasteiger partial charge on any atom is 0.322 e. The second-order valence-electron chi connectivity index (χ2n) is 4.05. The highest BCUT2D eigenvalue weighted by atomic mass is 16.4. The standard InChI is InChI=1S/C13H16N2O4/c1-9(16)15-11(13(19)14-8-12(17)18)7-10-5-3-2-4-6-10/h2-6,11H,7-8H2,1H3,(H,14,19)(H,15,16)(H,17,18)/t11-/m1/s1. The Morgan fingerprint density at radius 2 is 1.84 bits per heavy atom. The van der Waals surface area contributed by atoms with Crippen LogP contribution in [0.4, 0.5) is 0 Å². The van der Waals surface area contributed by atoms with Gasteiger partial charge in [-0.05, 0) is 5.56 Å². The molecule has 0 bridgehead atoms. The number of aliphatic carboxylic acids is 1. The summed E-state index contributed by atoms with van der Waals surface area (Å²) in [6.07, 6.45) is 0.311. The Hall–Kier alpha value is -2.37. The zero-order valence-corrected chi connectivity index (χ0v) is 10.6. The summed E-state index contributed by atoms with van der Waals surface area (Å²) < 4.78 is 0. The van der Waals surface area contributed by atoms with E-state index in [1.165, 1.54) is 6.92 Å². The van der Waals surface area contributed by atoms with Crippen molar-refractivity contribution < 1.29 is 19.5 Å². The van der Waals surface area contributed by atoms with Crippen LogP contribution in [0.1, 0.15) is 12.5 Å². The third-order valence-corrected chi connectivity index (χ3v) is 2.39. The van der Waals surface area contributed by atoms with Crippen LogP contribution in [0.5, 0.6) is 0 Å². The summed E-state index contributed by atoms with van der Waals surface area (Å²) in [6, 6.07) is 8.39. The van der Waals surface area contributed by atoms with Gasteiger partial charge >= 0.3 is 5.97 Å². The number of nitrogens with one attached hydrogen (secondary N) is 2. The number of carbonyl (C=O) groups excluding carboxylic acids is 2. The molecule has 0 saturated heterocycles. The van der Waals surface area contributed by atoms with Crippen molar-refractivity contribution in [1.29, 1.82) is 0 Å². The second-order valence-corrected chi connectivity index (χ2v) is 4.05. The van der Waals surface area contributed by atoms with E-state index in [2.05, 4.69) is 10.6 Å². The van der Waals surface area contributed by atoms with E-state index < -0.39 is 24.5 Å². The Labute approximate surface area is 110 Å². The maximum atomic E-state index is 11.8. The average Bonchev–Trinajstić information content (AvgIpc) is 2.36. The van der Waals surface area contributed by atoms with Crippen molar-refractivity contribution in [1.82, 2.24) is 10.6 Å². The van der Waals surface area contributed by atoms with Gasteiger partial charge in [-0.3, -0.25) is 14.4 Å². The zero-order valence-electron chi connectivity index (χ0n) is 10.6. The summed E-state index contributed by atoms with van der Waals surface area (Å²) in [4.78, 5) is 33.3. The molecule has 0 aromatic heterocycles. The predicted octanol–water partition coefficient (Wildman–Crippen LogP) is -0.0654. The van der Waals surface area contributed by atoms with Gasteiger partial charge in [0.1, 0.15) is 12.6 Å². The molecule has 6 heteroatoms. The Kier molecular flexibility index (Phi) is 5.53. The average molecular weight is 264 g/mol.